The Morgan fingerprint density at radius 1 is 1.31 bits per heavy atom. The lowest BCUT2D eigenvalue weighted by Gasteiger charge is -2.21. The smallest absolute Gasteiger partial charge is 0.329 e. The second kappa shape index (κ2) is 6.33. The first kappa shape index (κ1) is 16.4. The van der Waals surface area contributed by atoms with Crippen LogP contribution in [0.2, 0.25) is 0 Å². The van der Waals surface area contributed by atoms with Gasteiger partial charge in [0, 0.05) is 11.1 Å². The standard InChI is InChI=1S/C19H20N4O3/c1-11-18(25)22-19(26)23(11)10-16(24)21-17-12-6-2-4-8-14(12)20-15-9-5-3-7-13(15)17/h2,4,6,8,25H,3,5,7,9-10H2,1H3,(H,22,26)(H,20,21,24). The Balaban J connectivity index is 1.72. The first-order valence-corrected chi connectivity index (χ1v) is 8.73. The summed E-state index contributed by atoms with van der Waals surface area (Å²) in [6.07, 6.45) is 3.96. The fraction of sp³-hybridized carbons (Fsp3) is 0.316. The van der Waals surface area contributed by atoms with Crippen LogP contribution in [0, 0.1) is 6.92 Å². The van der Waals surface area contributed by atoms with Crippen molar-refractivity contribution in [3.8, 4) is 5.88 Å². The average Bonchev–Trinajstić information content (AvgIpc) is 2.87. The number of amides is 1. The number of aromatic amines is 1. The highest BCUT2D eigenvalue weighted by molar-refractivity contribution is 6.02. The van der Waals surface area contributed by atoms with Gasteiger partial charge in [-0.15, -0.1) is 0 Å². The zero-order chi connectivity index (χ0) is 18.3. The fourth-order valence-electron chi connectivity index (χ4n) is 3.57. The predicted molar refractivity (Wildman–Crippen MR) is 98.5 cm³/mol. The number of nitrogens with zero attached hydrogens (tertiary/aromatic N) is 2. The van der Waals surface area contributed by atoms with E-state index in [0.717, 1.165) is 53.5 Å². The van der Waals surface area contributed by atoms with E-state index in [1.807, 2.05) is 24.3 Å². The highest BCUT2D eigenvalue weighted by Crippen LogP contribution is 2.33. The SMILES string of the molecule is Cc1c(O)[nH]c(=O)n1CC(=O)Nc1c2c(nc3ccccc13)CCCC2. The molecule has 2 aromatic heterocycles. The summed E-state index contributed by atoms with van der Waals surface area (Å²) in [5.41, 5.74) is 3.61. The lowest BCUT2D eigenvalue weighted by molar-refractivity contribution is -0.116. The number of nitrogens with one attached hydrogen (secondary N) is 2. The van der Waals surface area contributed by atoms with Gasteiger partial charge in [-0.05, 0) is 44.2 Å². The number of rotatable bonds is 3. The Morgan fingerprint density at radius 3 is 2.85 bits per heavy atom. The molecule has 3 N–H and O–H groups in total. The van der Waals surface area contributed by atoms with Crippen molar-refractivity contribution >= 4 is 22.5 Å². The molecule has 2 heterocycles. The molecule has 4 rings (SSSR count). The molecule has 0 atom stereocenters. The maximum absolute atomic E-state index is 12.6. The number of anilines is 1. The molecule has 0 aliphatic heterocycles. The summed E-state index contributed by atoms with van der Waals surface area (Å²) >= 11 is 0. The molecule has 0 bridgehead atoms. The number of H-pyrrole nitrogens is 1. The molecule has 1 aliphatic carbocycles. The van der Waals surface area contributed by atoms with Gasteiger partial charge in [-0.25, -0.2) is 4.79 Å². The number of carbonyl (C=O) groups is 1. The predicted octanol–water partition coefficient (Wildman–Crippen LogP) is 2.26. The van der Waals surface area contributed by atoms with Crippen molar-refractivity contribution < 1.29 is 9.90 Å². The van der Waals surface area contributed by atoms with Crippen molar-refractivity contribution in [2.45, 2.75) is 39.2 Å². The van der Waals surface area contributed by atoms with Crippen LogP contribution in [0.1, 0.15) is 29.8 Å². The Morgan fingerprint density at radius 2 is 2.08 bits per heavy atom. The molecule has 0 saturated carbocycles. The van der Waals surface area contributed by atoms with Gasteiger partial charge in [0.05, 0.1) is 16.9 Å². The first-order valence-electron chi connectivity index (χ1n) is 8.73. The molecular weight excluding hydrogens is 332 g/mol. The van der Waals surface area contributed by atoms with Crippen LogP contribution in [-0.4, -0.2) is 25.5 Å². The zero-order valence-electron chi connectivity index (χ0n) is 14.5. The van der Waals surface area contributed by atoms with E-state index < -0.39 is 5.69 Å². The minimum atomic E-state index is -0.503. The molecule has 26 heavy (non-hydrogen) atoms. The summed E-state index contributed by atoms with van der Waals surface area (Å²) < 4.78 is 1.22. The zero-order valence-corrected chi connectivity index (χ0v) is 14.5. The Hall–Kier alpha value is -3.09. The van der Waals surface area contributed by atoms with E-state index in [-0.39, 0.29) is 18.3 Å². The van der Waals surface area contributed by atoms with Gasteiger partial charge in [0.1, 0.15) is 6.54 Å². The van der Waals surface area contributed by atoms with Gasteiger partial charge in [-0.1, -0.05) is 18.2 Å². The number of aromatic nitrogens is 3. The maximum atomic E-state index is 12.6. The quantitative estimate of drug-likeness (QED) is 0.673. The van der Waals surface area contributed by atoms with E-state index in [2.05, 4.69) is 10.3 Å². The van der Waals surface area contributed by atoms with Crippen molar-refractivity contribution in [3.63, 3.8) is 0 Å². The van der Waals surface area contributed by atoms with Gasteiger partial charge in [0.2, 0.25) is 11.8 Å². The number of imidazole rings is 1. The van der Waals surface area contributed by atoms with Crippen molar-refractivity contribution in [3.05, 3.63) is 51.7 Å². The topological polar surface area (TPSA) is 100 Å². The van der Waals surface area contributed by atoms with Crippen LogP contribution in [0.5, 0.6) is 5.88 Å². The molecule has 7 heteroatoms. The van der Waals surface area contributed by atoms with Gasteiger partial charge < -0.3 is 10.4 Å². The summed E-state index contributed by atoms with van der Waals surface area (Å²) in [4.78, 5) is 31.5. The fourth-order valence-corrected chi connectivity index (χ4v) is 3.57. The molecule has 0 radical (unpaired) electrons. The molecule has 0 unspecified atom stereocenters. The number of aromatic hydroxyl groups is 1. The number of aryl methyl sites for hydroxylation is 1. The lowest BCUT2D eigenvalue weighted by Crippen LogP contribution is -2.27. The molecule has 0 saturated heterocycles. The van der Waals surface area contributed by atoms with E-state index in [1.165, 1.54) is 4.57 Å². The van der Waals surface area contributed by atoms with Crippen molar-refractivity contribution in [2.75, 3.05) is 5.32 Å². The molecule has 0 fully saturated rings. The molecule has 1 aliphatic rings. The third kappa shape index (κ3) is 2.75. The van der Waals surface area contributed by atoms with Crippen molar-refractivity contribution in [1.82, 2.24) is 14.5 Å². The number of hydrogen-bond acceptors (Lipinski definition) is 4. The maximum Gasteiger partial charge on any atom is 0.329 e. The number of para-hydroxylation sites is 1. The minimum Gasteiger partial charge on any atom is -0.493 e. The van der Waals surface area contributed by atoms with Crippen LogP contribution in [0.25, 0.3) is 10.9 Å². The van der Waals surface area contributed by atoms with Crippen molar-refractivity contribution in [1.29, 1.82) is 0 Å². The van der Waals surface area contributed by atoms with E-state index in [9.17, 15) is 14.7 Å². The number of benzene rings is 1. The van der Waals surface area contributed by atoms with Gasteiger partial charge >= 0.3 is 5.69 Å². The van der Waals surface area contributed by atoms with Gasteiger partial charge in [0.15, 0.2) is 0 Å². The van der Waals surface area contributed by atoms with E-state index in [0.29, 0.717) is 5.69 Å². The number of hydrogen-bond donors (Lipinski definition) is 3. The normalized spacial score (nSPS) is 13.6. The van der Waals surface area contributed by atoms with Gasteiger partial charge in [0.25, 0.3) is 0 Å². The summed E-state index contributed by atoms with van der Waals surface area (Å²) in [7, 11) is 0. The van der Waals surface area contributed by atoms with E-state index >= 15 is 0 Å². The average molecular weight is 352 g/mol. The molecule has 1 amide bonds. The van der Waals surface area contributed by atoms with Gasteiger partial charge in [-0.3, -0.25) is 19.3 Å². The monoisotopic (exact) mass is 352 g/mol. The second-order valence-electron chi connectivity index (χ2n) is 6.63. The number of carbonyl (C=O) groups excluding carboxylic acids is 1. The Kier molecular flexibility index (Phi) is 3.99. The lowest BCUT2D eigenvalue weighted by atomic mass is 9.92. The molecule has 134 valence electrons. The van der Waals surface area contributed by atoms with Crippen LogP contribution in [0.3, 0.4) is 0 Å². The molecule has 0 spiro atoms. The van der Waals surface area contributed by atoms with E-state index in [1.54, 1.807) is 6.92 Å². The van der Waals surface area contributed by atoms with E-state index in [4.69, 9.17) is 4.98 Å². The number of pyridine rings is 1. The molecular formula is C19H20N4O3. The Bertz CT molecular complexity index is 1060. The summed E-state index contributed by atoms with van der Waals surface area (Å²) in [5.74, 6) is -0.520. The first-order chi connectivity index (χ1) is 12.5. The van der Waals surface area contributed by atoms with Crippen LogP contribution in [0.15, 0.2) is 29.1 Å². The van der Waals surface area contributed by atoms with Crippen molar-refractivity contribution in [2.24, 2.45) is 0 Å². The third-order valence-corrected chi connectivity index (χ3v) is 4.95. The summed E-state index contributed by atoms with van der Waals surface area (Å²) in [6, 6.07) is 7.75. The second-order valence-corrected chi connectivity index (χ2v) is 6.63. The Labute approximate surface area is 149 Å². The van der Waals surface area contributed by atoms with Crippen LogP contribution in [0.4, 0.5) is 5.69 Å². The molecule has 7 nitrogen and oxygen atoms in total. The van der Waals surface area contributed by atoms with Crippen LogP contribution < -0.4 is 11.0 Å². The highest BCUT2D eigenvalue weighted by Gasteiger charge is 2.20. The van der Waals surface area contributed by atoms with Gasteiger partial charge in [-0.2, -0.15) is 0 Å². The summed E-state index contributed by atoms with van der Waals surface area (Å²) in [6.45, 7) is 1.43. The van der Waals surface area contributed by atoms with Crippen LogP contribution in [-0.2, 0) is 24.2 Å². The highest BCUT2D eigenvalue weighted by atomic mass is 16.3. The largest absolute Gasteiger partial charge is 0.493 e. The molecule has 3 aromatic rings. The minimum absolute atomic E-state index is 0.160. The van der Waals surface area contributed by atoms with Crippen LogP contribution >= 0.6 is 0 Å². The third-order valence-electron chi connectivity index (χ3n) is 4.95. The summed E-state index contributed by atoms with van der Waals surface area (Å²) in [5, 5.41) is 13.5. The molecule has 1 aromatic carbocycles. The number of fused-ring (bicyclic) bond motifs is 2.